The lowest BCUT2D eigenvalue weighted by atomic mass is 10.0. The zero-order valence-electron chi connectivity index (χ0n) is 14.5. The van der Waals surface area contributed by atoms with E-state index in [2.05, 4.69) is 0 Å². The van der Waals surface area contributed by atoms with E-state index in [4.69, 9.17) is 0 Å². The number of benzene rings is 1. The van der Waals surface area contributed by atoms with E-state index in [1.54, 1.807) is 47.8 Å². The summed E-state index contributed by atoms with van der Waals surface area (Å²) >= 11 is 0. The van der Waals surface area contributed by atoms with Crippen molar-refractivity contribution in [3.05, 3.63) is 47.5 Å². The van der Waals surface area contributed by atoms with E-state index in [-0.39, 0.29) is 12.1 Å². The molecule has 0 bridgehead atoms. The summed E-state index contributed by atoms with van der Waals surface area (Å²) in [6.45, 7) is 1.18. The summed E-state index contributed by atoms with van der Waals surface area (Å²) in [5.41, 5.74) is 3.72. The summed E-state index contributed by atoms with van der Waals surface area (Å²) in [6, 6.07) is 7.91. The molecule has 4 amide bonds. The zero-order chi connectivity index (χ0) is 17.4. The maximum absolute atomic E-state index is 12.2. The molecule has 0 unspecified atom stereocenters. The molecule has 1 aromatic carbocycles. The summed E-state index contributed by atoms with van der Waals surface area (Å²) in [5, 5.41) is 0. The van der Waals surface area contributed by atoms with Crippen LogP contribution in [-0.4, -0.2) is 72.9 Å². The molecule has 0 saturated carbocycles. The first-order valence-corrected chi connectivity index (χ1v) is 7.89. The summed E-state index contributed by atoms with van der Waals surface area (Å²) in [4.78, 5) is 31.0. The van der Waals surface area contributed by atoms with Crippen LogP contribution in [0, 0.1) is 0 Å². The number of rotatable bonds is 2. The number of hydrogen-bond acceptors (Lipinski definition) is 2. The van der Waals surface area contributed by atoms with E-state index in [1.807, 2.05) is 36.4 Å². The van der Waals surface area contributed by atoms with Gasteiger partial charge in [0.15, 0.2) is 0 Å². The first kappa shape index (κ1) is 16.1. The van der Waals surface area contributed by atoms with Gasteiger partial charge in [0.1, 0.15) is 0 Å². The van der Waals surface area contributed by atoms with Crippen LogP contribution in [0.4, 0.5) is 9.59 Å². The minimum Gasteiger partial charge on any atom is -0.324 e. The van der Waals surface area contributed by atoms with Gasteiger partial charge in [-0.1, -0.05) is 18.2 Å². The van der Waals surface area contributed by atoms with E-state index in [0.717, 1.165) is 22.5 Å². The molecule has 0 radical (unpaired) electrons. The van der Waals surface area contributed by atoms with E-state index >= 15 is 0 Å². The average Bonchev–Trinajstić information content (AvgIpc) is 2.58. The Morgan fingerprint density at radius 1 is 0.750 bits per heavy atom. The van der Waals surface area contributed by atoms with E-state index in [1.165, 1.54) is 0 Å². The largest absolute Gasteiger partial charge is 0.324 e. The normalized spacial score (nSPS) is 18.8. The van der Waals surface area contributed by atoms with Crippen LogP contribution in [0.15, 0.2) is 36.4 Å². The molecule has 1 aromatic rings. The maximum Gasteiger partial charge on any atom is 0.324 e. The average molecular weight is 326 g/mol. The van der Waals surface area contributed by atoms with Crippen molar-refractivity contribution >= 4 is 23.5 Å². The minimum atomic E-state index is -0.0243. The monoisotopic (exact) mass is 326 g/mol. The van der Waals surface area contributed by atoms with Crippen LogP contribution in [0.25, 0.3) is 11.4 Å². The lowest BCUT2D eigenvalue weighted by molar-refractivity contribution is 0.189. The van der Waals surface area contributed by atoms with Crippen LogP contribution in [-0.2, 0) is 0 Å². The predicted octanol–water partition coefficient (Wildman–Crippen LogP) is 2.36. The molecule has 6 heteroatoms. The molecule has 0 saturated heterocycles. The molecular weight excluding hydrogens is 304 g/mol. The van der Waals surface area contributed by atoms with Crippen molar-refractivity contribution in [2.24, 2.45) is 0 Å². The van der Waals surface area contributed by atoms with Gasteiger partial charge >= 0.3 is 12.1 Å². The Kier molecular flexibility index (Phi) is 4.05. The smallest absolute Gasteiger partial charge is 0.324 e. The highest BCUT2D eigenvalue weighted by Gasteiger charge is 2.25. The van der Waals surface area contributed by atoms with Gasteiger partial charge in [-0.2, -0.15) is 0 Å². The second-order valence-electron chi connectivity index (χ2n) is 6.20. The van der Waals surface area contributed by atoms with Gasteiger partial charge in [0.25, 0.3) is 0 Å². The minimum absolute atomic E-state index is 0.0243. The third kappa shape index (κ3) is 2.64. The lowest BCUT2D eigenvalue weighted by Crippen LogP contribution is -2.42. The topological polar surface area (TPSA) is 47.1 Å². The van der Waals surface area contributed by atoms with Crippen molar-refractivity contribution in [1.82, 2.24) is 19.6 Å². The highest BCUT2D eigenvalue weighted by atomic mass is 16.2. The summed E-state index contributed by atoms with van der Waals surface area (Å²) in [6.07, 6.45) is 4.08. The van der Waals surface area contributed by atoms with Gasteiger partial charge in [-0.05, 0) is 29.3 Å². The number of carbonyl (C=O) groups excluding carboxylic acids is 2. The SMILES string of the molecule is CN1CC=C(c2cccc(C3=CCN(C)C(=O)N3C)c2)N(C)C1=O. The highest BCUT2D eigenvalue weighted by molar-refractivity contribution is 5.90. The summed E-state index contributed by atoms with van der Waals surface area (Å²) in [5.74, 6) is 0. The van der Waals surface area contributed by atoms with Crippen molar-refractivity contribution in [2.45, 2.75) is 0 Å². The molecule has 126 valence electrons. The van der Waals surface area contributed by atoms with Crippen molar-refractivity contribution in [1.29, 1.82) is 0 Å². The Balaban J connectivity index is 1.96. The van der Waals surface area contributed by atoms with Crippen molar-refractivity contribution < 1.29 is 9.59 Å². The Labute approximate surface area is 142 Å². The first-order chi connectivity index (χ1) is 11.4. The molecule has 24 heavy (non-hydrogen) atoms. The Hall–Kier alpha value is -2.76. The van der Waals surface area contributed by atoms with E-state index in [9.17, 15) is 9.59 Å². The Bertz CT molecular complexity index is 694. The molecule has 3 rings (SSSR count). The standard InChI is InChI=1S/C18H22N4O2/c1-19-10-8-15(21(3)17(19)23)13-6-5-7-14(12-13)16-9-11-20(2)18(24)22(16)4/h5-9,12H,10-11H2,1-4H3. The molecule has 6 nitrogen and oxygen atoms in total. The molecule has 0 aliphatic carbocycles. The zero-order valence-corrected chi connectivity index (χ0v) is 14.5. The number of amides is 4. The molecule has 0 spiro atoms. The maximum atomic E-state index is 12.2. The lowest BCUT2D eigenvalue weighted by Gasteiger charge is -2.32. The number of urea groups is 2. The van der Waals surface area contributed by atoms with Gasteiger partial charge in [-0.15, -0.1) is 0 Å². The van der Waals surface area contributed by atoms with Crippen molar-refractivity contribution in [2.75, 3.05) is 41.3 Å². The van der Waals surface area contributed by atoms with Gasteiger partial charge < -0.3 is 9.80 Å². The van der Waals surface area contributed by atoms with Crippen molar-refractivity contribution in [3.8, 4) is 0 Å². The van der Waals surface area contributed by atoms with Crippen LogP contribution in [0.2, 0.25) is 0 Å². The molecule has 2 aliphatic rings. The molecule has 0 fully saturated rings. The van der Waals surface area contributed by atoms with Crippen LogP contribution >= 0.6 is 0 Å². The summed E-state index contributed by atoms with van der Waals surface area (Å²) in [7, 11) is 7.13. The summed E-state index contributed by atoms with van der Waals surface area (Å²) < 4.78 is 0. The van der Waals surface area contributed by atoms with Gasteiger partial charge in [0.05, 0.1) is 11.4 Å². The van der Waals surface area contributed by atoms with Crippen LogP contribution in [0.3, 0.4) is 0 Å². The third-order valence-electron chi connectivity index (χ3n) is 4.52. The number of likely N-dealkylation sites (N-methyl/N-ethyl adjacent to an activating group) is 2. The van der Waals surface area contributed by atoms with Crippen LogP contribution in [0.1, 0.15) is 11.1 Å². The molecule has 0 N–H and O–H groups in total. The van der Waals surface area contributed by atoms with E-state index in [0.29, 0.717) is 13.1 Å². The fourth-order valence-corrected chi connectivity index (χ4v) is 3.06. The molecule has 2 heterocycles. The number of hydrogen-bond donors (Lipinski definition) is 0. The Morgan fingerprint density at radius 3 is 1.58 bits per heavy atom. The quantitative estimate of drug-likeness (QED) is 0.838. The fourth-order valence-electron chi connectivity index (χ4n) is 3.06. The molecule has 0 atom stereocenters. The molecule has 0 aromatic heterocycles. The second-order valence-corrected chi connectivity index (χ2v) is 6.20. The van der Waals surface area contributed by atoms with Crippen molar-refractivity contribution in [3.63, 3.8) is 0 Å². The van der Waals surface area contributed by atoms with Crippen LogP contribution in [0.5, 0.6) is 0 Å². The first-order valence-electron chi connectivity index (χ1n) is 7.89. The van der Waals surface area contributed by atoms with Gasteiger partial charge in [0, 0.05) is 41.3 Å². The molecular formula is C18H22N4O2. The Morgan fingerprint density at radius 2 is 1.17 bits per heavy atom. The van der Waals surface area contributed by atoms with Gasteiger partial charge in [0.2, 0.25) is 0 Å². The van der Waals surface area contributed by atoms with Crippen LogP contribution < -0.4 is 0 Å². The highest BCUT2D eigenvalue weighted by Crippen LogP contribution is 2.28. The second kappa shape index (κ2) is 6.03. The van der Waals surface area contributed by atoms with E-state index < -0.39 is 0 Å². The third-order valence-corrected chi connectivity index (χ3v) is 4.52. The molecule has 2 aliphatic heterocycles. The number of carbonyl (C=O) groups is 2. The predicted molar refractivity (Wildman–Crippen MR) is 94.0 cm³/mol. The van der Waals surface area contributed by atoms with Gasteiger partial charge in [-0.25, -0.2) is 9.59 Å². The number of nitrogens with zero attached hydrogens (tertiary/aromatic N) is 4. The fraction of sp³-hybridized carbons (Fsp3) is 0.333. The van der Waals surface area contributed by atoms with Gasteiger partial charge in [-0.3, -0.25) is 9.80 Å².